The van der Waals surface area contributed by atoms with E-state index in [1.54, 1.807) is 0 Å². The van der Waals surface area contributed by atoms with Crippen LogP contribution in [-0.4, -0.2) is 40.6 Å². The van der Waals surface area contributed by atoms with Gasteiger partial charge in [0.15, 0.2) is 6.61 Å². The maximum Gasteiger partial charge on any atom is 0.344 e. The Kier molecular flexibility index (Phi) is 8.62. The number of fused-ring (bicyclic) bond motifs is 2. The van der Waals surface area contributed by atoms with Crippen molar-refractivity contribution in [1.29, 1.82) is 0 Å². The van der Waals surface area contributed by atoms with Crippen molar-refractivity contribution in [3.8, 4) is 5.75 Å². The van der Waals surface area contributed by atoms with Gasteiger partial charge in [-0.3, -0.25) is 0 Å². The van der Waals surface area contributed by atoms with E-state index in [-0.39, 0.29) is 30.7 Å². The van der Waals surface area contributed by atoms with Crippen LogP contribution in [0.1, 0.15) is 83.8 Å². The smallest absolute Gasteiger partial charge is 0.344 e. The summed E-state index contributed by atoms with van der Waals surface area (Å²) in [7, 11) is 0. The zero-order valence-corrected chi connectivity index (χ0v) is 20.3. The fraction of sp³-hybridized carbons (Fsp3) is 0.741. The van der Waals surface area contributed by atoms with Crippen molar-refractivity contribution < 1.29 is 24.5 Å². The first kappa shape index (κ1) is 25.0. The van der Waals surface area contributed by atoms with Gasteiger partial charge in [0.05, 0.1) is 12.2 Å². The third kappa shape index (κ3) is 6.71. The molecule has 3 rings (SSSR count). The molecule has 2 aliphatic carbocycles. The first-order valence-electron chi connectivity index (χ1n) is 12.5. The predicted octanol–water partition coefficient (Wildman–Crippen LogP) is 4.84. The SMILES string of the molecule is CCCCC[C@H](O)CCC1C2Cc3cccc(OCC(=O)OC(C)(C)C)c3C[C@H]2C[C@H]1O. The number of ether oxygens (including phenoxy) is 2. The first-order valence-corrected chi connectivity index (χ1v) is 12.5. The van der Waals surface area contributed by atoms with Gasteiger partial charge in [0.2, 0.25) is 0 Å². The second-order valence-corrected chi connectivity index (χ2v) is 10.8. The van der Waals surface area contributed by atoms with Crippen LogP contribution in [0.5, 0.6) is 5.75 Å². The summed E-state index contributed by atoms with van der Waals surface area (Å²) in [6.07, 6.45) is 8.01. The van der Waals surface area contributed by atoms with Crippen molar-refractivity contribution in [2.45, 2.75) is 103 Å². The predicted molar refractivity (Wildman–Crippen MR) is 126 cm³/mol. The number of hydrogen-bond donors (Lipinski definition) is 2. The topological polar surface area (TPSA) is 76.0 Å². The molecule has 5 nitrogen and oxygen atoms in total. The third-order valence-electron chi connectivity index (χ3n) is 7.09. The lowest BCUT2D eigenvalue weighted by atomic mass is 9.73. The summed E-state index contributed by atoms with van der Waals surface area (Å²) in [4.78, 5) is 12.1. The van der Waals surface area contributed by atoms with Crippen LogP contribution in [0, 0.1) is 17.8 Å². The summed E-state index contributed by atoms with van der Waals surface area (Å²) in [6.45, 7) is 7.63. The molecule has 1 aromatic carbocycles. The Labute approximate surface area is 193 Å². The van der Waals surface area contributed by atoms with Crippen molar-refractivity contribution in [2.75, 3.05) is 6.61 Å². The molecule has 0 aliphatic heterocycles. The van der Waals surface area contributed by atoms with Gasteiger partial charge in [-0.25, -0.2) is 4.79 Å². The van der Waals surface area contributed by atoms with Crippen molar-refractivity contribution in [2.24, 2.45) is 17.8 Å². The molecule has 0 radical (unpaired) electrons. The summed E-state index contributed by atoms with van der Waals surface area (Å²) in [5, 5.41) is 21.2. The van der Waals surface area contributed by atoms with E-state index in [0.717, 1.165) is 50.7 Å². The van der Waals surface area contributed by atoms with Crippen LogP contribution in [0.3, 0.4) is 0 Å². The number of hydrogen-bond acceptors (Lipinski definition) is 5. The average molecular weight is 447 g/mol. The Balaban J connectivity index is 1.60. The monoisotopic (exact) mass is 446 g/mol. The van der Waals surface area contributed by atoms with E-state index < -0.39 is 5.60 Å². The van der Waals surface area contributed by atoms with E-state index >= 15 is 0 Å². The molecule has 0 saturated heterocycles. The highest BCUT2D eigenvalue weighted by Crippen LogP contribution is 2.48. The van der Waals surface area contributed by atoms with Gasteiger partial charge in [0.1, 0.15) is 11.4 Å². The number of esters is 1. The summed E-state index contributed by atoms with van der Waals surface area (Å²) < 4.78 is 11.2. The molecule has 2 aliphatic rings. The molecule has 1 saturated carbocycles. The molecule has 1 aromatic rings. The highest BCUT2D eigenvalue weighted by molar-refractivity contribution is 5.71. The number of benzene rings is 1. The number of carbonyl (C=O) groups is 1. The minimum absolute atomic E-state index is 0.0943. The molecule has 0 spiro atoms. The lowest BCUT2D eigenvalue weighted by Gasteiger charge is -2.32. The van der Waals surface area contributed by atoms with Gasteiger partial charge in [-0.2, -0.15) is 0 Å². The number of aliphatic hydroxyl groups is 2. The molecule has 5 atom stereocenters. The fourth-order valence-electron chi connectivity index (χ4n) is 5.61. The Morgan fingerprint density at radius 3 is 2.69 bits per heavy atom. The number of rotatable bonds is 10. The van der Waals surface area contributed by atoms with Gasteiger partial charge >= 0.3 is 5.97 Å². The number of carbonyl (C=O) groups excluding carboxylic acids is 1. The maximum atomic E-state index is 12.1. The number of aliphatic hydroxyl groups excluding tert-OH is 2. The summed E-state index contributed by atoms with van der Waals surface area (Å²) >= 11 is 0. The zero-order valence-electron chi connectivity index (χ0n) is 20.3. The van der Waals surface area contributed by atoms with E-state index in [4.69, 9.17) is 9.47 Å². The molecule has 180 valence electrons. The average Bonchev–Trinajstić information content (AvgIpc) is 3.02. The normalized spacial score (nSPS) is 25.7. The second kappa shape index (κ2) is 11.0. The first-order chi connectivity index (χ1) is 15.2. The lowest BCUT2D eigenvalue weighted by Crippen LogP contribution is -2.29. The quantitative estimate of drug-likeness (QED) is 0.397. The fourth-order valence-corrected chi connectivity index (χ4v) is 5.61. The number of unbranched alkanes of at least 4 members (excludes halogenated alkanes) is 2. The van der Waals surface area contributed by atoms with Crippen molar-refractivity contribution in [3.63, 3.8) is 0 Å². The standard InChI is InChI=1S/C27H42O5/c1-5-6-7-10-20(28)12-13-21-22-14-18-9-8-11-25(23(18)15-19(22)16-24(21)29)31-17-26(30)32-27(2,3)4/h8-9,11,19-22,24,28-29H,5-7,10,12-17H2,1-4H3/t19-,20-,21?,22?,24+/m0/s1. The maximum absolute atomic E-state index is 12.1. The van der Waals surface area contributed by atoms with Crippen molar-refractivity contribution in [1.82, 2.24) is 0 Å². The van der Waals surface area contributed by atoms with Crippen LogP contribution in [0.15, 0.2) is 18.2 Å². The molecular formula is C27H42O5. The molecule has 0 heterocycles. The van der Waals surface area contributed by atoms with E-state index in [1.165, 1.54) is 24.0 Å². The minimum Gasteiger partial charge on any atom is -0.482 e. The van der Waals surface area contributed by atoms with E-state index in [2.05, 4.69) is 13.0 Å². The van der Waals surface area contributed by atoms with Crippen LogP contribution < -0.4 is 4.74 Å². The van der Waals surface area contributed by atoms with E-state index in [1.807, 2.05) is 32.9 Å². The Morgan fingerprint density at radius 2 is 1.97 bits per heavy atom. The molecule has 0 amide bonds. The van der Waals surface area contributed by atoms with Gasteiger partial charge in [0, 0.05) is 0 Å². The van der Waals surface area contributed by atoms with Crippen LogP contribution in [0.25, 0.3) is 0 Å². The molecule has 1 fully saturated rings. The van der Waals surface area contributed by atoms with Crippen LogP contribution in [0.2, 0.25) is 0 Å². The largest absolute Gasteiger partial charge is 0.482 e. The van der Waals surface area contributed by atoms with Crippen LogP contribution in [0.4, 0.5) is 0 Å². The minimum atomic E-state index is -0.525. The Bertz CT molecular complexity index is 753. The molecule has 2 N–H and O–H groups in total. The summed E-state index contributed by atoms with van der Waals surface area (Å²) in [5.74, 6) is 1.52. The van der Waals surface area contributed by atoms with Crippen LogP contribution in [-0.2, 0) is 22.4 Å². The molecule has 2 unspecified atom stereocenters. The van der Waals surface area contributed by atoms with Crippen molar-refractivity contribution >= 4 is 5.97 Å². The third-order valence-corrected chi connectivity index (χ3v) is 7.09. The molecule has 5 heteroatoms. The van der Waals surface area contributed by atoms with Gasteiger partial charge in [0.25, 0.3) is 0 Å². The summed E-state index contributed by atoms with van der Waals surface area (Å²) in [5.41, 5.74) is 1.91. The second-order valence-electron chi connectivity index (χ2n) is 10.8. The Hall–Kier alpha value is -1.59. The molecular weight excluding hydrogens is 404 g/mol. The molecule has 0 bridgehead atoms. The summed E-state index contributed by atoms with van der Waals surface area (Å²) in [6, 6.07) is 6.06. The van der Waals surface area contributed by atoms with Gasteiger partial charge in [-0.1, -0.05) is 38.3 Å². The van der Waals surface area contributed by atoms with Crippen LogP contribution >= 0.6 is 0 Å². The Morgan fingerprint density at radius 1 is 1.19 bits per heavy atom. The van der Waals surface area contributed by atoms with Crippen molar-refractivity contribution in [3.05, 3.63) is 29.3 Å². The zero-order chi connectivity index (χ0) is 23.3. The highest BCUT2D eigenvalue weighted by atomic mass is 16.6. The van der Waals surface area contributed by atoms with E-state index in [0.29, 0.717) is 11.8 Å². The van der Waals surface area contributed by atoms with Gasteiger partial charge in [-0.05, 0) is 94.2 Å². The highest BCUT2D eigenvalue weighted by Gasteiger charge is 2.44. The van der Waals surface area contributed by atoms with E-state index in [9.17, 15) is 15.0 Å². The molecule has 32 heavy (non-hydrogen) atoms. The van der Waals surface area contributed by atoms with Gasteiger partial charge < -0.3 is 19.7 Å². The lowest BCUT2D eigenvalue weighted by molar-refractivity contribution is -0.157. The van der Waals surface area contributed by atoms with Gasteiger partial charge in [-0.15, -0.1) is 0 Å². The molecule has 0 aromatic heterocycles.